The van der Waals surface area contributed by atoms with E-state index >= 15 is 0 Å². The van der Waals surface area contributed by atoms with Gasteiger partial charge in [-0.2, -0.15) is 4.31 Å². The number of hydrogen-bond donors (Lipinski definition) is 2. The number of rotatable bonds is 6. The summed E-state index contributed by atoms with van der Waals surface area (Å²) in [5, 5.41) is 2.76. The molecule has 0 spiro atoms. The molecule has 2 amide bonds. The molecule has 2 aliphatic rings. The number of benzene rings is 1. The second-order valence-electron chi connectivity index (χ2n) is 7.53. The fourth-order valence-corrected chi connectivity index (χ4v) is 5.55. The molecule has 1 aromatic rings. The molecule has 2 heterocycles. The van der Waals surface area contributed by atoms with Crippen molar-refractivity contribution in [2.75, 3.05) is 26.2 Å². The number of nitrogens with two attached hydrogens (primary N) is 1. The van der Waals surface area contributed by atoms with Crippen LogP contribution in [0.4, 0.5) is 0 Å². The lowest BCUT2D eigenvalue weighted by Gasteiger charge is -2.44. The third kappa shape index (κ3) is 3.92. The number of amides is 2. The molecule has 0 saturated carbocycles. The number of unbranched alkanes of at least 4 members (excludes halogenated alkanes) is 1. The number of carbonyl (C=O) groups excluding carboxylic acids is 2. The Bertz CT molecular complexity index is 871. The van der Waals surface area contributed by atoms with Gasteiger partial charge in [-0.3, -0.25) is 9.59 Å². The zero-order valence-corrected chi connectivity index (χ0v) is 17.2. The highest BCUT2D eigenvalue weighted by molar-refractivity contribution is 7.89. The summed E-state index contributed by atoms with van der Waals surface area (Å²) in [4.78, 5) is 27.1. The standard InChI is InChI=1S/C19H28N4O4S/c1-13-6-7-14(2)17(11-13)28(26,27)22-9-10-23-16(12-22)18(24)21-15(19(23)25)5-3-4-8-20/h6-7,11,15-16H,3-5,8-10,12,20H2,1-2H3,(H,21,24)/t15-,16+/m0/s1. The molecular weight excluding hydrogens is 380 g/mol. The van der Waals surface area contributed by atoms with Crippen LogP contribution in [0.15, 0.2) is 23.1 Å². The zero-order valence-electron chi connectivity index (χ0n) is 16.3. The number of fused-ring (bicyclic) bond motifs is 1. The van der Waals surface area contributed by atoms with E-state index in [1.54, 1.807) is 19.1 Å². The van der Waals surface area contributed by atoms with E-state index in [4.69, 9.17) is 5.73 Å². The van der Waals surface area contributed by atoms with Crippen molar-refractivity contribution in [1.29, 1.82) is 0 Å². The predicted molar refractivity (Wildman–Crippen MR) is 105 cm³/mol. The molecule has 0 bridgehead atoms. The molecule has 0 unspecified atom stereocenters. The van der Waals surface area contributed by atoms with Crippen LogP contribution in [0.2, 0.25) is 0 Å². The quantitative estimate of drug-likeness (QED) is 0.650. The summed E-state index contributed by atoms with van der Waals surface area (Å²) < 4.78 is 27.6. The van der Waals surface area contributed by atoms with Crippen molar-refractivity contribution >= 4 is 21.8 Å². The summed E-state index contributed by atoms with van der Waals surface area (Å²) in [5.41, 5.74) is 7.01. The van der Waals surface area contributed by atoms with E-state index in [2.05, 4.69) is 5.32 Å². The minimum atomic E-state index is -3.74. The van der Waals surface area contributed by atoms with Crippen molar-refractivity contribution in [1.82, 2.24) is 14.5 Å². The van der Waals surface area contributed by atoms with Gasteiger partial charge in [-0.05, 0) is 56.8 Å². The maximum atomic E-state index is 13.1. The Morgan fingerprint density at radius 3 is 2.64 bits per heavy atom. The van der Waals surface area contributed by atoms with E-state index in [9.17, 15) is 18.0 Å². The smallest absolute Gasteiger partial charge is 0.245 e. The Morgan fingerprint density at radius 2 is 1.93 bits per heavy atom. The Labute approximate surface area is 166 Å². The van der Waals surface area contributed by atoms with Crippen LogP contribution in [0.25, 0.3) is 0 Å². The van der Waals surface area contributed by atoms with Gasteiger partial charge in [0, 0.05) is 19.6 Å². The second kappa shape index (κ2) is 8.18. The highest BCUT2D eigenvalue weighted by atomic mass is 32.2. The van der Waals surface area contributed by atoms with Crippen LogP contribution in [-0.2, 0) is 19.6 Å². The number of sulfonamides is 1. The summed E-state index contributed by atoms with van der Waals surface area (Å²) in [6, 6.07) is 3.96. The zero-order chi connectivity index (χ0) is 20.5. The number of hydrogen-bond acceptors (Lipinski definition) is 5. The van der Waals surface area contributed by atoms with Gasteiger partial charge in [0.15, 0.2) is 0 Å². The Morgan fingerprint density at radius 1 is 1.18 bits per heavy atom. The molecule has 2 saturated heterocycles. The van der Waals surface area contributed by atoms with E-state index in [0.717, 1.165) is 18.4 Å². The molecule has 0 radical (unpaired) electrons. The number of nitrogens with zero attached hydrogens (tertiary/aromatic N) is 2. The SMILES string of the molecule is Cc1ccc(C)c(S(=O)(=O)N2CCN3C(=O)[C@H](CCCCN)NC(=O)[C@H]3C2)c1. The second-order valence-corrected chi connectivity index (χ2v) is 9.43. The molecule has 2 atom stereocenters. The maximum absolute atomic E-state index is 13.1. The molecule has 2 fully saturated rings. The van der Waals surface area contributed by atoms with Crippen molar-refractivity contribution in [2.24, 2.45) is 5.73 Å². The van der Waals surface area contributed by atoms with Gasteiger partial charge in [-0.25, -0.2) is 8.42 Å². The Kier molecular flexibility index (Phi) is 6.07. The minimum Gasteiger partial charge on any atom is -0.342 e. The summed E-state index contributed by atoms with van der Waals surface area (Å²) in [7, 11) is -3.74. The van der Waals surface area contributed by atoms with Gasteiger partial charge >= 0.3 is 0 Å². The van der Waals surface area contributed by atoms with Crippen LogP contribution in [0.5, 0.6) is 0 Å². The highest BCUT2D eigenvalue weighted by Crippen LogP contribution is 2.26. The van der Waals surface area contributed by atoms with Gasteiger partial charge in [0.05, 0.1) is 4.90 Å². The summed E-state index contributed by atoms with van der Waals surface area (Å²) in [5.74, 6) is -0.427. The average molecular weight is 409 g/mol. The first-order valence-corrected chi connectivity index (χ1v) is 11.1. The lowest BCUT2D eigenvalue weighted by atomic mass is 10.0. The Hall–Kier alpha value is -1.97. The first kappa shape index (κ1) is 20.8. The molecule has 0 aliphatic carbocycles. The van der Waals surface area contributed by atoms with Crippen LogP contribution in [0.1, 0.15) is 30.4 Å². The van der Waals surface area contributed by atoms with Gasteiger partial charge in [-0.1, -0.05) is 12.1 Å². The van der Waals surface area contributed by atoms with Crippen LogP contribution >= 0.6 is 0 Å². The number of nitrogens with one attached hydrogen (secondary N) is 1. The molecule has 3 N–H and O–H groups in total. The molecule has 9 heteroatoms. The first-order chi connectivity index (χ1) is 13.3. The summed E-state index contributed by atoms with van der Waals surface area (Å²) >= 11 is 0. The highest BCUT2D eigenvalue weighted by Gasteiger charge is 2.45. The summed E-state index contributed by atoms with van der Waals surface area (Å²) in [6.45, 7) is 4.52. The molecule has 1 aromatic carbocycles. The Balaban J connectivity index is 1.77. The lowest BCUT2D eigenvalue weighted by Crippen LogP contribution is -2.69. The van der Waals surface area contributed by atoms with E-state index in [1.807, 2.05) is 13.0 Å². The number of piperazine rings is 2. The van der Waals surface area contributed by atoms with Crippen molar-refractivity contribution in [2.45, 2.75) is 50.1 Å². The predicted octanol–water partition coefficient (Wildman–Crippen LogP) is 0.132. The van der Waals surface area contributed by atoms with Crippen molar-refractivity contribution in [3.63, 3.8) is 0 Å². The molecule has 28 heavy (non-hydrogen) atoms. The van der Waals surface area contributed by atoms with E-state index < -0.39 is 22.1 Å². The average Bonchev–Trinajstić information content (AvgIpc) is 2.67. The van der Waals surface area contributed by atoms with Gasteiger partial charge in [0.2, 0.25) is 21.8 Å². The van der Waals surface area contributed by atoms with Crippen molar-refractivity contribution in [3.05, 3.63) is 29.3 Å². The van der Waals surface area contributed by atoms with E-state index in [0.29, 0.717) is 18.5 Å². The van der Waals surface area contributed by atoms with Crippen molar-refractivity contribution in [3.8, 4) is 0 Å². The number of aryl methyl sites for hydroxylation is 2. The molecule has 0 aromatic heterocycles. The third-order valence-corrected chi connectivity index (χ3v) is 7.46. The van der Waals surface area contributed by atoms with Gasteiger partial charge in [-0.15, -0.1) is 0 Å². The van der Waals surface area contributed by atoms with E-state index in [-0.39, 0.29) is 36.3 Å². The fraction of sp³-hybridized carbons (Fsp3) is 0.579. The topological polar surface area (TPSA) is 113 Å². The lowest BCUT2D eigenvalue weighted by molar-refractivity contribution is -0.151. The number of carbonyl (C=O) groups is 2. The molecule has 2 aliphatic heterocycles. The first-order valence-electron chi connectivity index (χ1n) is 9.64. The van der Waals surface area contributed by atoms with Crippen LogP contribution in [0, 0.1) is 13.8 Å². The van der Waals surface area contributed by atoms with Gasteiger partial charge in [0.25, 0.3) is 0 Å². The monoisotopic (exact) mass is 408 g/mol. The molecule has 154 valence electrons. The van der Waals surface area contributed by atoms with Crippen LogP contribution < -0.4 is 11.1 Å². The van der Waals surface area contributed by atoms with Crippen LogP contribution in [0.3, 0.4) is 0 Å². The van der Waals surface area contributed by atoms with Gasteiger partial charge < -0.3 is 16.0 Å². The maximum Gasteiger partial charge on any atom is 0.245 e. The van der Waals surface area contributed by atoms with Crippen LogP contribution in [-0.4, -0.2) is 67.7 Å². The molecule has 3 rings (SSSR count). The van der Waals surface area contributed by atoms with Gasteiger partial charge in [0.1, 0.15) is 12.1 Å². The third-order valence-electron chi connectivity index (χ3n) is 5.45. The largest absolute Gasteiger partial charge is 0.342 e. The van der Waals surface area contributed by atoms with Crippen molar-refractivity contribution < 1.29 is 18.0 Å². The normalized spacial score (nSPS) is 23.5. The summed E-state index contributed by atoms with van der Waals surface area (Å²) in [6.07, 6.45) is 2.11. The molecule has 8 nitrogen and oxygen atoms in total. The fourth-order valence-electron chi connectivity index (χ4n) is 3.81. The van der Waals surface area contributed by atoms with E-state index in [1.165, 1.54) is 9.21 Å². The minimum absolute atomic E-state index is 0.0250. The molecular formula is C19H28N4O4S.